The van der Waals surface area contributed by atoms with Crippen molar-refractivity contribution in [2.45, 2.75) is 183 Å². The number of hydrogen-bond donors (Lipinski definition) is 4. The van der Waals surface area contributed by atoms with Gasteiger partial charge in [0.25, 0.3) is 0 Å². The number of aliphatic hydroxyl groups excluding tert-OH is 2. The van der Waals surface area contributed by atoms with Gasteiger partial charge in [0.15, 0.2) is 11.3 Å². The molecule has 2 aliphatic carbocycles. The highest BCUT2D eigenvalue weighted by atomic mass is 32.2. The molecule has 0 spiro atoms. The van der Waals surface area contributed by atoms with E-state index in [-0.39, 0.29) is 24.3 Å². The molecule has 0 atom stereocenters. The Bertz CT molecular complexity index is 3170. The van der Waals surface area contributed by atoms with Gasteiger partial charge < -0.3 is 25.7 Å². The van der Waals surface area contributed by atoms with Crippen LogP contribution in [-0.2, 0) is 20.0 Å². The number of aromatic nitrogens is 8. The maximum Gasteiger partial charge on any atom is 0.243 e. The van der Waals surface area contributed by atoms with Gasteiger partial charge >= 0.3 is 0 Å². The average molecular weight is 1120 g/mol. The molecule has 6 aromatic rings. The predicted octanol–water partition coefficient (Wildman–Crippen LogP) is 9.42. The van der Waals surface area contributed by atoms with E-state index in [0.29, 0.717) is 59.8 Å². The molecule has 3 aliphatic heterocycles. The minimum Gasteiger partial charge on any atom is -0.393 e. The van der Waals surface area contributed by atoms with Crippen molar-refractivity contribution >= 4 is 54.0 Å². The lowest BCUT2D eigenvalue weighted by molar-refractivity contribution is 0.108. The molecule has 0 radical (unpaired) electrons. The summed E-state index contributed by atoms with van der Waals surface area (Å²) in [5.41, 5.74) is 4.71. The summed E-state index contributed by atoms with van der Waals surface area (Å²) in [6, 6.07) is 15.0. The zero-order valence-corrected chi connectivity index (χ0v) is 48.2. The summed E-state index contributed by atoms with van der Waals surface area (Å²) < 4.78 is 60.8. The Morgan fingerprint density at radius 3 is 1.33 bits per heavy atom. The number of unbranched alkanes of at least 4 members (excludes halogenated alkanes) is 2. The summed E-state index contributed by atoms with van der Waals surface area (Å²) in [5, 5.41) is 38.4. The lowest BCUT2D eigenvalue weighted by Gasteiger charge is -2.39. The van der Waals surface area contributed by atoms with E-state index in [1.54, 1.807) is 32.9 Å². The van der Waals surface area contributed by atoms with E-state index in [0.717, 1.165) is 173 Å². The lowest BCUT2D eigenvalue weighted by atomic mass is 9.93. The van der Waals surface area contributed by atoms with Crippen LogP contribution < -0.4 is 10.6 Å². The number of nitrogens with one attached hydrogen (secondary N) is 2. The predicted molar refractivity (Wildman–Crippen MR) is 310 cm³/mol. The largest absolute Gasteiger partial charge is 0.393 e. The highest BCUT2D eigenvalue weighted by Crippen LogP contribution is 2.38. The van der Waals surface area contributed by atoms with E-state index < -0.39 is 20.0 Å². The van der Waals surface area contributed by atoms with Crippen molar-refractivity contribution < 1.29 is 27.0 Å². The van der Waals surface area contributed by atoms with Gasteiger partial charge in [-0.25, -0.2) is 36.2 Å². The number of hydrogen-bond acceptors (Lipinski definition) is 15. The molecule has 2 saturated carbocycles. The van der Waals surface area contributed by atoms with Crippen LogP contribution in [0.1, 0.15) is 155 Å². The number of nitrogens with zero attached hydrogens (tertiary/aromatic N) is 11. The molecule has 2 aromatic carbocycles. The molecule has 11 rings (SSSR count). The summed E-state index contributed by atoms with van der Waals surface area (Å²) >= 11 is 0. The molecule has 0 amide bonds. The van der Waals surface area contributed by atoms with Crippen LogP contribution in [0.4, 0.5) is 11.9 Å². The van der Waals surface area contributed by atoms with Crippen molar-refractivity contribution in [1.29, 1.82) is 0 Å². The molecule has 428 valence electrons. The third kappa shape index (κ3) is 13.1. The van der Waals surface area contributed by atoms with Gasteiger partial charge in [-0.3, -0.25) is 0 Å². The van der Waals surface area contributed by atoms with Crippen molar-refractivity contribution in [3.63, 3.8) is 0 Å². The van der Waals surface area contributed by atoms with Crippen LogP contribution in [0.15, 0.2) is 70.7 Å². The van der Waals surface area contributed by atoms with E-state index in [1.807, 2.05) is 46.0 Å². The van der Waals surface area contributed by atoms with Gasteiger partial charge in [-0.2, -0.15) is 28.8 Å². The van der Waals surface area contributed by atoms with Crippen molar-refractivity contribution in [3.8, 4) is 22.5 Å². The van der Waals surface area contributed by atoms with E-state index in [4.69, 9.17) is 20.2 Å². The van der Waals surface area contributed by atoms with Crippen LogP contribution in [0.5, 0.6) is 0 Å². The van der Waals surface area contributed by atoms with Gasteiger partial charge in [0.05, 0.1) is 44.9 Å². The summed E-state index contributed by atoms with van der Waals surface area (Å²) in [5.74, 6) is 1.74. The molecule has 19 nitrogen and oxygen atoms in total. The maximum absolute atomic E-state index is 13.6. The second kappa shape index (κ2) is 25.7. The molecule has 79 heavy (non-hydrogen) atoms. The van der Waals surface area contributed by atoms with Crippen LogP contribution in [-0.4, -0.2) is 151 Å². The quantitative estimate of drug-likeness (QED) is 0.0624. The van der Waals surface area contributed by atoms with E-state index in [9.17, 15) is 27.0 Å². The molecule has 0 bridgehead atoms. The first-order chi connectivity index (χ1) is 38.3. The fourth-order valence-electron chi connectivity index (χ4n) is 12.1. The summed E-state index contributed by atoms with van der Waals surface area (Å²) in [6.45, 7) is 12.7. The van der Waals surface area contributed by atoms with E-state index in [1.165, 1.54) is 19.3 Å². The fraction of sp³-hybridized carbons (Fsp3) is 0.621. The van der Waals surface area contributed by atoms with Gasteiger partial charge in [0.2, 0.25) is 31.9 Å². The summed E-state index contributed by atoms with van der Waals surface area (Å²) in [6.07, 6.45) is 21.1. The maximum atomic E-state index is 13.6. The highest BCUT2D eigenvalue weighted by Gasteiger charge is 2.34. The molecule has 4 N–H and O–H groups in total. The van der Waals surface area contributed by atoms with Crippen LogP contribution in [0.25, 0.3) is 44.6 Å². The van der Waals surface area contributed by atoms with Gasteiger partial charge in [-0.05, 0) is 146 Å². The van der Waals surface area contributed by atoms with Crippen LogP contribution in [0.3, 0.4) is 0 Å². The first kappa shape index (κ1) is 57.1. The Morgan fingerprint density at radius 1 is 0.519 bits per heavy atom. The van der Waals surface area contributed by atoms with Crippen LogP contribution in [0, 0.1) is 5.92 Å². The van der Waals surface area contributed by atoms with Crippen molar-refractivity contribution in [2.75, 3.05) is 63.0 Å². The fourth-order valence-corrected chi connectivity index (χ4v) is 15.1. The van der Waals surface area contributed by atoms with Crippen LogP contribution >= 0.6 is 0 Å². The third-order valence-electron chi connectivity index (χ3n) is 17.2. The lowest BCUT2D eigenvalue weighted by Crippen LogP contribution is -2.48. The average Bonchev–Trinajstić information content (AvgIpc) is 4.23. The molecule has 5 aliphatic rings. The number of piperidine rings is 3. The third-order valence-corrected chi connectivity index (χ3v) is 21.0. The topological polar surface area (TPSA) is 230 Å². The molecule has 5 fully saturated rings. The summed E-state index contributed by atoms with van der Waals surface area (Å²) in [7, 11) is -7.07. The monoisotopic (exact) mass is 1120 g/mol. The van der Waals surface area contributed by atoms with Crippen LogP contribution in [0.2, 0.25) is 0 Å². The Kier molecular flexibility index (Phi) is 18.6. The Labute approximate surface area is 467 Å². The van der Waals surface area contributed by atoms with Gasteiger partial charge in [0, 0.05) is 68.8 Å². The first-order valence-electron chi connectivity index (χ1n) is 29.6. The number of likely N-dealkylation sites (tertiary alicyclic amines) is 1. The Hall–Kier alpha value is -5.16. The number of anilines is 2. The Balaban J connectivity index is 0.000000180. The molecule has 0 unspecified atom stereocenters. The zero-order chi connectivity index (χ0) is 55.1. The minimum atomic E-state index is -3.56. The number of fused-ring (bicyclic) bond motifs is 2. The highest BCUT2D eigenvalue weighted by molar-refractivity contribution is 7.89. The smallest absolute Gasteiger partial charge is 0.243 e. The SMILES string of the molecule is CCCCNc1ncc2c(-c3ccc(S(=O)(=O)N4CCC(C)CC4)cc3)nn(C3CCC(O)CC3)c2n1.CCCCNc1ncc2c(-c3ccc(S(=O)(=O)N4CCC(N5CCCCC5)CC4)cc3)nn(C3CCC(O)CC3)c2n1. The second-order valence-corrected chi connectivity index (χ2v) is 26.7. The van der Waals surface area contributed by atoms with Gasteiger partial charge in [-0.15, -0.1) is 0 Å². The molecular weight excluding hydrogens is 1040 g/mol. The second-order valence-electron chi connectivity index (χ2n) is 22.8. The van der Waals surface area contributed by atoms with Gasteiger partial charge in [-0.1, -0.05) is 64.3 Å². The van der Waals surface area contributed by atoms with E-state index in [2.05, 4.69) is 46.3 Å². The number of rotatable bonds is 17. The summed E-state index contributed by atoms with van der Waals surface area (Å²) in [4.78, 5) is 22.0. The Morgan fingerprint density at radius 2 is 0.924 bits per heavy atom. The first-order valence-corrected chi connectivity index (χ1v) is 32.5. The minimum absolute atomic E-state index is 0.149. The number of sulfonamides is 2. The zero-order valence-electron chi connectivity index (χ0n) is 46.6. The standard InChI is InChI=1S/C31H45N7O3S.C27H38N6O3S/c1-2-3-17-32-31-33-22-28-29(35-38(30(28)34-31)25-9-11-26(39)12-10-25)23-7-13-27(14-8-23)42(40,41)37-20-15-24(16-21-37)36-18-5-4-6-19-36;1-3-4-15-28-27-29-18-24-25(31-33(26(24)30-27)21-7-9-22(34)10-8-21)20-5-11-23(12-6-20)37(35,36)32-16-13-19(2)14-17-32/h7-8,13-14,22,24-26,39H,2-6,9-12,15-21H2,1H3,(H,32,33,34);5-6,11-12,18-19,21-22,34H,3-4,7-10,13-17H2,1-2H3,(H,28,29,30). The van der Waals surface area contributed by atoms with E-state index >= 15 is 0 Å². The van der Waals surface area contributed by atoms with Crippen molar-refractivity contribution in [2.24, 2.45) is 5.92 Å². The molecule has 4 aromatic heterocycles. The van der Waals surface area contributed by atoms with Crippen molar-refractivity contribution in [1.82, 2.24) is 53.0 Å². The molecule has 7 heterocycles. The number of benzene rings is 2. The molecule has 21 heteroatoms. The normalized spacial score (nSPS) is 22.7. The molecular formula is C58H83N13O6S2. The van der Waals surface area contributed by atoms with Gasteiger partial charge in [0.1, 0.15) is 11.4 Å². The number of aliphatic hydroxyl groups is 2. The molecule has 3 saturated heterocycles. The van der Waals surface area contributed by atoms with Crippen molar-refractivity contribution in [3.05, 3.63) is 60.9 Å².